The summed E-state index contributed by atoms with van der Waals surface area (Å²) < 4.78 is 53.7. The number of hydrogen-bond donors (Lipinski definition) is 0. The maximum absolute atomic E-state index is 13.9. The molecule has 2 amide bonds. The predicted molar refractivity (Wildman–Crippen MR) is 118 cm³/mol. The van der Waals surface area contributed by atoms with Crippen LogP contribution in [0.5, 0.6) is 0 Å². The first-order valence-corrected chi connectivity index (χ1v) is 11.0. The molecule has 174 valence electrons. The lowest BCUT2D eigenvalue weighted by Crippen LogP contribution is -2.37. The Morgan fingerprint density at radius 2 is 1.56 bits per heavy atom. The number of amides is 2. The summed E-state index contributed by atoms with van der Waals surface area (Å²) in [7, 11) is 0. The molecule has 2 heterocycles. The topological polar surface area (TPSA) is 49.9 Å². The van der Waals surface area contributed by atoms with Crippen molar-refractivity contribution in [3.63, 3.8) is 0 Å². The van der Waals surface area contributed by atoms with Crippen molar-refractivity contribution < 1.29 is 32.0 Å². The first kappa shape index (κ1) is 22.5. The van der Waals surface area contributed by atoms with Crippen LogP contribution in [0.15, 0.2) is 77.3 Å². The first-order chi connectivity index (χ1) is 16.2. The second kappa shape index (κ2) is 8.21. The molecule has 0 N–H and O–H groups in total. The molecule has 0 saturated carbocycles. The van der Waals surface area contributed by atoms with E-state index in [1.54, 1.807) is 30.3 Å². The summed E-state index contributed by atoms with van der Waals surface area (Å²) >= 11 is 3.14. The molecule has 2 aliphatic heterocycles. The highest BCUT2D eigenvalue weighted by Crippen LogP contribution is 2.48. The van der Waals surface area contributed by atoms with Gasteiger partial charge in [-0.3, -0.25) is 14.4 Å². The SMILES string of the molecule is O=C1[C@H]2[C@H](ON(c3ccccc3)[C@@H]2c2ccc(F)c(Br)c2)C(=O)N1c1cccc(C(F)(F)F)c1. The number of hydroxylamine groups is 1. The molecule has 0 bridgehead atoms. The van der Waals surface area contributed by atoms with Gasteiger partial charge in [-0.25, -0.2) is 14.4 Å². The van der Waals surface area contributed by atoms with E-state index < -0.39 is 47.4 Å². The summed E-state index contributed by atoms with van der Waals surface area (Å²) in [6.07, 6.45) is -5.89. The second-order valence-electron chi connectivity index (χ2n) is 7.89. The van der Waals surface area contributed by atoms with E-state index >= 15 is 0 Å². The van der Waals surface area contributed by atoms with Crippen molar-refractivity contribution in [2.24, 2.45) is 5.92 Å². The molecule has 5 nitrogen and oxygen atoms in total. The van der Waals surface area contributed by atoms with Crippen LogP contribution in [0.3, 0.4) is 0 Å². The van der Waals surface area contributed by atoms with Gasteiger partial charge in [0.25, 0.3) is 5.91 Å². The first-order valence-electron chi connectivity index (χ1n) is 10.2. The minimum absolute atomic E-state index is 0.160. The van der Waals surface area contributed by atoms with Crippen LogP contribution < -0.4 is 9.96 Å². The molecule has 3 atom stereocenters. The molecule has 5 rings (SSSR count). The van der Waals surface area contributed by atoms with Gasteiger partial charge in [0.05, 0.1) is 27.5 Å². The maximum atomic E-state index is 13.9. The van der Waals surface area contributed by atoms with Gasteiger partial charge >= 0.3 is 6.18 Å². The third-order valence-corrected chi connectivity index (χ3v) is 6.45. The average Bonchev–Trinajstić information content (AvgIpc) is 3.32. The van der Waals surface area contributed by atoms with E-state index in [4.69, 9.17) is 4.84 Å². The van der Waals surface area contributed by atoms with Crippen molar-refractivity contribution in [2.45, 2.75) is 18.3 Å². The predicted octanol–water partition coefficient (Wildman–Crippen LogP) is 5.66. The highest BCUT2D eigenvalue weighted by molar-refractivity contribution is 9.10. The zero-order valence-corrected chi connectivity index (χ0v) is 18.8. The van der Waals surface area contributed by atoms with Crippen LogP contribution in [0.2, 0.25) is 0 Å². The second-order valence-corrected chi connectivity index (χ2v) is 8.75. The van der Waals surface area contributed by atoms with Crippen molar-refractivity contribution in [3.05, 3.63) is 94.2 Å². The molecule has 0 aliphatic carbocycles. The van der Waals surface area contributed by atoms with Crippen LogP contribution in [-0.4, -0.2) is 17.9 Å². The van der Waals surface area contributed by atoms with Gasteiger partial charge in [-0.05, 0) is 64.0 Å². The Bertz CT molecular complexity index is 1280. The summed E-state index contributed by atoms with van der Waals surface area (Å²) in [5.41, 5.74) is -0.105. The van der Waals surface area contributed by atoms with E-state index in [2.05, 4.69) is 15.9 Å². The Morgan fingerprint density at radius 3 is 2.24 bits per heavy atom. The zero-order valence-electron chi connectivity index (χ0n) is 17.2. The van der Waals surface area contributed by atoms with Crippen molar-refractivity contribution >= 4 is 39.1 Å². The molecular weight excluding hydrogens is 520 g/mol. The summed E-state index contributed by atoms with van der Waals surface area (Å²) in [4.78, 5) is 33.4. The van der Waals surface area contributed by atoms with Crippen LogP contribution in [0.25, 0.3) is 0 Å². The number of carbonyl (C=O) groups is 2. The molecule has 0 aromatic heterocycles. The van der Waals surface area contributed by atoms with E-state index in [0.29, 0.717) is 11.3 Å². The van der Waals surface area contributed by atoms with E-state index in [1.807, 2.05) is 0 Å². The fourth-order valence-corrected chi connectivity index (χ4v) is 4.72. The zero-order chi connectivity index (χ0) is 24.2. The number of halogens is 5. The monoisotopic (exact) mass is 534 g/mol. The molecule has 3 aromatic carbocycles. The van der Waals surface area contributed by atoms with Gasteiger partial charge in [0, 0.05) is 0 Å². The fourth-order valence-electron chi connectivity index (χ4n) is 4.32. The normalized spacial score (nSPS) is 22.4. The summed E-state index contributed by atoms with van der Waals surface area (Å²) in [6, 6.07) is 16.2. The lowest BCUT2D eigenvalue weighted by Gasteiger charge is -2.29. The van der Waals surface area contributed by atoms with E-state index in [1.165, 1.54) is 29.3 Å². The third-order valence-electron chi connectivity index (χ3n) is 5.84. The van der Waals surface area contributed by atoms with Crippen LogP contribution in [0, 0.1) is 11.7 Å². The average molecular weight is 535 g/mol. The number of para-hydroxylation sites is 1. The molecule has 2 saturated heterocycles. The highest BCUT2D eigenvalue weighted by Gasteiger charge is 2.60. The molecule has 0 radical (unpaired) electrons. The fraction of sp³-hybridized carbons (Fsp3) is 0.167. The smallest absolute Gasteiger partial charge is 0.273 e. The number of hydrogen-bond acceptors (Lipinski definition) is 4. The van der Waals surface area contributed by atoms with Gasteiger partial charge in [0.2, 0.25) is 5.91 Å². The number of imide groups is 1. The molecule has 2 fully saturated rings. The third kappa shape index (κ3) is 3.67. The van der Waals surface area contributed by atoms with Crippen molar-refractivity contribution in [2.75, 3.05) is 9.96 Å². The van der Waals surface area contributed by atoms with Crippen LogP contribution in [-0.2, 0) is 20.6 Å². The Morgan fingerprint density at radius 1 is 0.853 bits per heavy atom. The maximum Gasteiger partial charge on any atom is 0.416 e. The van der Waals surface area contributed by atoms with Gasteiger partial charge in [0.1, 0.15) is 11.7 Å². The number of benzene rings is 3. The number of anilines is 2. The quantitative estimate of drug-likeness (QED) is 0.321. The molecule has 0 unspecified atom stereocenters. The standard InChI is InChI=1S/C24H15BrF4N2O3/c25-17-11-13(9-10-18(17)26)20-19-21(34-31(20)15-6-2-1-3-7-15)23(33)30(22(19)32)16-8-4-5-14(12-16)24(27,28)29/h1-12,19-21H/t19-,20-,21+/m1/s1. The molecule has 0 spiro atoms. The van der Waals surface area contributed by atoms with Gasteiger partial charge in [-0.1, -0.05) is 30.3 Å². The van der Waals surface area contributed by atoms with Crippen LogP contribution in [0.1, 0.15) is 17.2 Å². The number of rotatable bonds is 3. The summed E-state index contributed by atoms with van der Waals surface area (Å²) in [6.45, 7) is 0. The Labute approximate surface area is 199 Å². The molecule has 34 heavy (non-hydrogen) atoms. The van der Waals surface area contributed by atoms with Gasteiger partial charge in [0.15, 0.2) is 6.10 Å². The minimum atomic E-state index is -4.64. The minimum Gasteiger partial charge on any atom is -0.273 e. The largest absolute Gasteiger partial charge is 0.416 e. The molecule has 3 aromatic rings. The Hall–Kier alpha value is -3.24. The van der Waals surface area contributed by atoms with E-state index in [9.17, 15) is 27.2 Å². The number of fused-ring (bicyclic) bond motifs is 1. The lowest BCUT2D eigenvalue weighted by molar-refractivity contribution is -0.137. The highest BCUT2D eigenvalue weighted by atomic mass is 79.9. The summed E-state index contributed by atoms with van der Waals surface area (Å²) in [5, 5.41) is 1.42. The van der Waals surface area contributed by atoms with Gasteiger partial charge in [-0.2, -0.15) is 13.2 Å². The number of nitrogens with zero attached hydrogens (tertiary/aromatic N) is 2. The Balaban J connectivity index is 1.58. The van der Waals surface area contributed by atoms with Crippen LogP contribution in [0.4, 0.5) is 28.9 Å². The number of alkyl halides is 3. The van der Waals surface area contributed by atoms with Crippen molar-refractivity contribution in [1.82, 2.24) is 0 Å². The van der Waals surface area contributed by atoms with Gasteiger partial charge < -0.3 is 0 Å². The van der Waals surface area contributed by atoms with Gasteiger partial charge in [-0.15, -0.1) is 0 Å². The van der Waals surface area contributed by atoms with Crippen LogP contribution >= 0.6 is 15.9 Å². The van der Waals surface area contributed by atoms with E-state index in [0.717, 1.165) is 23.1 Å². The molecule has 2 aliphatic rings. The van der Waals surface area contributed by atoms with E-state index in [-0.39, 0.29) is 10.2 Å². The van der Waals surface area contributed by atoms with Crippen molar-refractivity contribution in [3.8, 4) is 0 Å². The van der Waals surface area contributed by atoms with Crippen molar-refractivity contribution in [1.29, 1.82) is 0 Å². The lowest BCUT2D eigenvalue weighted by atomic mass is 9.90. The number of carbonyl (C=O) groups excluding carboxylic acids is 2. The molecular formula is C24H15BrF4N2O3. The Kier molecular flexibility index (Phi) is 5.44. The summed E-state index contributed by atoms with van der Waals surface area (Å²) in [5.74, 6) is -3.03. The molecule has 10 heteroatoms.